The summed E-state index contributed by atoms with van der Waals surface area (Å²) in [6, 6.07) is 14.1. The molecule has 182 valence electrons. The lowest BCUT2D eigenvalue weighted by atomic mass is 9.53. The third-order valence-electron chi connectivity index (χ3n) is 6.25. The summed E-state index contributed by atoms with van der Waals surface area (Å²) in [7, 11) is 0. The minimum Gasteiger partial charge on any atom is -0.454 e. The van der Waals surface area contributed by atoms with Crippen molar-refractivity contribution in [2.75, 3.05) is 0 Å². The third-order valence-corrected chi connectivity index (χ3v) is 7.80. The van der Waals surface area contributed by atoms with Gasteiger partial charge in [-0.15, -0.1) is 0 Å². The van der Waals surface area contributed by atoms with Gasteiger partial charge in [0.15, 0.2) is 14.8 Å². The van der Waals surface area contributed by atoms with E-state index in [1.165, 1.54) is 12.1 Å². The van der Waals surface area contributed by atoms with E-state index in [1.54, 1.807) is 44.2 Å². The van der Waals surface area contributed by atoms with E-state index in [1.807, 2.05) is 6.07 Å². The number of alkyl halides is 5. The number of halogens is 6. The average molecular weight is 607 g/mol. The zero-order valence-electron chi connectivity index (χ0n) is 18.2. The van der Waals surface area contributed by atoms with Gasteiger partial charge in [0.05, 0.1) is 5.92 Å². The van der Waals surface area contributed by atoms with Crippen LogP contribution >= 0.6 is 31.9 Å². The number of ether oxygens (including phenoxy) is 2. The number of hydrogen-bond acceptors (Lipinski definition) is 4. The molecule has 0 saturated heterocycles. The van der Waals surface area contributed by atoms with Crippen molar-refractivity contribution in [1.29, 1.82) is 5.26 Å². The Morgan fingerprint density at radius 1 is 1.21 bits per heavy atom. The van der Waals surface area contributed by atoms with Crippen molar-refractivity contribution >= 4 is 37.8 Å². The van der Waals surface area contributed by atoms with E-state index < -0.39 is 44.6 Å². The van der Waals surface area contributed by atoms with Crippen LogP contribution in [0.25, 0.3) is 0 Å². The number of para-hydroxylation sites is 1. The first-order valence-corrected chi connectivity index (χ1v) is 11.9. The highest BCUT2D eigenvalue weighted by molar-refractivity contribution is 9.25. The van der Waals surface area contributed by atoms with Gasteiger partial charge in [0.25, 0.3) is 0 Å². The Morgan fingerprint density at radius 3 is 2.41 bits per heavy atom. The van der Waals surface area contributed by atoms with Gasteiger partial charge in [0.2, 0.25) is 6.10 Å². The van der Waals surface area contributed by atoms with E-state index >= 15 is 0 Å². The van der Waals surface area contributed by atoms with Crippen LogP contribution in [0.1, 0.15) is 38.4 Å². The summed E-state index contributed by atoms with van der Waals surface area (Å²) in [5.74, 6) is -2.19. The molecule has 3 atom stereocenters. The minimum atomic E-state index is -4.51. The molecular weight excluding hydrogens is 586 g/mol. The molecule has 1 saturated carbocycles. The van der Waals surface area contributed by atoms with Gasteiger partial charge in [0.1, 0.15) is 11.8 Å². The Kier molecular flexibility index (Phi) is 7.68. The van der Waals surface area contributed by atoms with Crippen molar-refractivity contribution in [3.05, 3.63) is 59.9 Å². The molecule has 1 aliphatic carbocycles. The smallest absolute Gasteiger partial charge is 0.413 e. The Bertz CT molecular complexity index is 1080. The lowest BCUT2D eigenvalue weighted by Gasteiger charge is -2.52. The molecule has 10 heteroatoms. The molecule has 0 spiro atoms. The molecule has 1 aliphatic rings. The Morgan fingerprint density at radius 2 is 1.85 bits per heavy atom. The van der Waals surface area contributed by atoms with Crippen LogP contribution in [-0.2, 0) is 9.53 Å². The third kappa shape index (κ3) is 5.57. The van der Waals surface area contributed by atoms with Gasteiger partial charge < -0.3 is 9.47 Å². The van der Waals surface area contributed by atoms with Crippen molar-refractivity contribution in [1.82, 2.24) is 0 Å². The lowest BCUT2D eigenvalue weighted by molar-refractivity contribution is -0.173. The van der Waals surface area contributed by atoms with Crippen molar-refractivity contribution in [2.45, 2.75) is 42.2 Å². The highest BCUT2D eigenvalue weighted by atomic mass is 79.9. The predicted octanol–water partition coefficient (Wildman–Crippen LogP) is 7.83. The molecule has 2 aromatic carbocycles. The summed E-state index contributed by atoms with van der Waals surface area (Å²) >= 11 is 5.39. The van der Waals surface area contributed by atoms with E-state index in [9.17, 15) is 27.6 Å². The summed E-state index contributed by atoms with van der Waals surface area (Å²) < 4.78 is 62.5. The van der Waals surface area contributed by atoms with Crippen LogP contribution in [0.4, 0.5) is 17.6 Å². The van der Waals surface area contributed by atoms with E-state index in [-0.39, 0.29) is 24.2 Å². The van der Waals surface area contributed by atoms with Gasteiger partial charge in [0, 0.05) is 5.56 Å². The zero-order chi connectivity index (χ0) is 25.3. The van der Waals surface area contributed by atoms with Gasteiger partial charge in [-0.3, -0.25) is 4.79 Å². The predicted molar refractivity (Wildman–Crippen MR) is 124 cm³/mol. The maximum atomic E-state index is 14.2. The van der Waals surface area contributed by atoms with Gasteiger partial charge in [-0.2, -0.15) is 18.4 Å². The van der Waals surface area contributed by atoms with Crippen molar-refractivity contribution in [3.8, 4) is 17.6 Å². The summed E-state index contributed by atoms with van der Waals surface area (Å²) in [4.78, 5) is 12.8. The number of carbonyl (C=O) groups is 1. The Hall–Kier alpha value is -2.12. The van der Waals surface area contributed by atoms with Crippen LogP contribution in [0.2, 0.25) is 0 Å². The largest absolute Gasteiger partial charge is 0.454 e. The monoisotopic (exact) mass is 605 g/mol. The van der Waals surface area contributed by atoms with Crippen LogP contribution in [0.15, 0.2) is 48.5 Å². The summed E-state index contributed by atoms with van der Waals surface area (Å²) in [5, 5.41) is 9.58. The van der Waals surface area contributed by atoms with Crippen LogP contribution in [0.5, 0.6) is 11.5 Å². The molecule has 3 unspecified atom stereocenters. The maximum Gasteiger partial charge on any atom is 0.413 e. The van der Waals surface area contributed by atoms with Gasteiger partial charge in [-0.05, 0) is 48.4 Å². The molecule has 0 aromatic heterocycles. The van der Waals surface area contributed by atoms with E-state index in [4.69, 9.17) is 9.47 Å². The molecule has 3 rings (SSSR count). The van der Waals surface area contributed by atoms with Crippen molar-refractivity contribution in [3.63, 3.8) is 0 Å². The molecule has 0 amide bonds. The topological polar surface area (TPSA) is 59.3 Å². The Balaban J connectivity index is 1.70. The molecule has 0 heterocycles. The van der Waals surface area contributed by atoms with Gasteiger partial charge >= 0.3 is 12.1 Å². The first kappa shape index (κ1) is 26.5. The normalized spacial score (nSPS) is 20.6. The number of nitriles is 1. The van der Waals surface area contributed by atoms with E-state index in [0.717, 1.165) is 6.07 Å². The fraction of sp³-hybridized carbons (Fsp3) is 0.417. The zero-order valence-corrected chi connectivity index (χ0v) is 21.4. The molecule has 0 N–H and O–H groups in total. The molecule has 34 heavy (non-hydrogen) atoms. The summed E-state index contributed by atoms with van der Waals surface area (Å²) in [5.41, 5.74) is -0.562. The summed E-state index contributed by atoms with van der Waals surface area (Å²) in [6.45, 7) is 3.40. The molecule has 0 bridgehead atoms. The number of benzene rings is 2. The highest BCUT2D eigenvalue weighted by Crippen LogP contribution is 2.59. The fourth-order valence-corrected chi connectivity index (χ4v) is 4.71. The molecule has 1 fully saturated rings. The first-order valence-electron chi connectivity index (χ1n) is 10.3. The van der Waals surface area contributed by atoms with Crippen LogP contribution in [-0.4, -0.2) is 15.4 Å². The fourth-order valence-electron chi connectivity index (χ4n) is 3.93. The first-order chi connectivity index (χ1) is 15.8. The van der Waals surface area contributed by atoms with E-state index in [2.05, 4.69) is 31.9 Å². The summed E-state index contributed by atoms with van der Waals surface area (Å²) in [6.07, 6.45) is -5.93. The number of hydrogen-bond donors (Lipinski definition) is 0. The highest BCUT2D eigenvalue weighted by Gasteiger charge is 2.59. The SMILES string of the molecule is CC1(C)C(CC(Br)(Br)C(F)(F)F)CC1C(=O)OC(C#N)c1ccc(F)c(Oc2ccccc2)c1. The molecular formula is C24H21Br2F4NO3. The van der Waals surface area contributed by atoms with Crippen molar-refractivity contribution < 1.29 is 31.8 Å². The number of nitrogens with zero attached hydrogens (tertiary/aromatic N) is 1. The Labute approximate surface area is 211 Å². The second-order valence-corrected chi connectivity index (χ2v) is 12.5. The average Bonchev–Trinajstić information content (AvgIpc) is 2.76. The second-order valence-electron chi connectivity index (χ2n) is 8.76. The molecule has 4 nitrogen and oxygen atoms in total. The number of carbonyl (C=O) groups excluding carboxylic acids is 1. The van der Waals surface area contributed by atoms with Gasteiger partial charge in [-0.1, -0.05) is 70.0 Å². The number of esters is 1. The van der Waals surface area contributed by atoms with Gasteiger partial charge in [-0.25, -0.2) is 4.39 Å². The molecule has 0 aliphatic heterocycles. The van der Waals surface area contributed by atoms with Crippen LogP contribution in [0.3, 0.4) is 0 Å². The van der Waals surface area contributed by atoms with E-state index in [0.29, 0.717) is 5.75 Å². The number of rotatable bonds is 7. The molecule has 0 radical (unpaired) electrons. The standard InChI is InChI=1S/C24H21Br2F4NO3/c1-22(2)15(12-23(25,26)24(28,29)30)11-17(22)21(32)34-20(13-31)14-8-9-18(27)19(10-14)33-16-6-4-3-5-7-16/h3-10,15,17,20H,11-12H2,1-2H3. The quantitative estimate of drug-likeness (QED) is 0.183. The van der Waals surface area contributed by atoms with Crippen molar-refractivity contribution in [2.24, 2.45) is 17.3 Å². The van der Waals surface area contributed by atoms with Crippen LogP contribution in [0, 0.1) is 34.4 Å². The maximum absolute atomic E-state index is 14.2. The lowest BCUT2D eigenvalue weighted by Crippen LogP contribution is -2.52. The second kappa shape index (κ2) is 9.86. The van der Waals surface area contributed by atoms with Crippen LogP contribution < -0.4 is 4.74 Å². The minimum absolute atomic E-state index is 0.137. The molecule has 2 aromatic rings.